The first kappa shape index (κ1) is 23.5. The highest BCUT2D eigenvalue weighted by atomic mass is 79.9. The number of benzene rings is 2. The van der Waals surface area contributed by atoms with Crippen molar-refractivity contribution >= 4 is 44.5 Å². The van der Waals surface area contributed by atoms with Crippen molar-refractivity contribution in [2.24, 2.45) is 5.10 Å². The van der Waals surface area contributed by atoms with E-state index in [2.05, 4.69) is 36.7 Å². The van der Waals surface area contributed by atoms with Crippen LogP contribution in [0.3, 0.4) is 0 Å². The number of anilines is 1. The number of hydrogen-bond acceptors (Lipinski definition) is 9. The number of para-hydroxylation sites is 1. The summed E-state index contributed by atoms with van der Waals surface area (Å²) in [6, 6.07) is 13.1. The fraction of sp³-hybridized carbons (Fsp3) is 0.238. The summed E-state index contributed by atoms with van der Waals surface area (Å²) < 4.78 is 17.9. The minimum Gasteiger partial charge on any atom is -0.490 e. The average molecular weight is 520 g/mol. The highest BCUT2D eigenvalue weighted by Crippen LogP contribution is 2.36. The molecule has 1 heterocycles. The van der Waals surface area contributed by atoms with Crippen LogP contribution in [0, 0.1) is 0 Å². The van der Waals surface area contributed by atoms with Gasteiger partial charge in [0.25, 0.3) is 0 Å². The molecule has 0 unspecified atom stereocenters. The number of rotatable bonds is 11. The first-order chi connectivity index (χ1) is 15.5. The molecule has 1 amide bonds. The van der Waals surface area contributed by atoms with Gasteiger partial charge in [-0.3, -0.25) is 4.79 Å². The maximum atomic E-state index is 12.0. The molecule has 3 rings (SSSR count). The number of carbonyl (C=O) groups is 1. The van der Waals surface area contributed by atoms with E-state index < -0.39 is 0 Å². The van der Waals surface area contributed by atoms with Gasteiger partial charge < -0.3 is 19.9 Å². The Bertz CT molecular complexity index is 1060. The topological polar surface area (TPSA) is 121 Å². The van der Waals surface area contributed by atoms with E-state index in [0.29, 0.717) is 51.5 Å². The van der Waals surface area contributed by atoms with Gasteiger partial charge in [0.15, 0.2) is 11.5 Å². The monoisotopic (exact) mass is 519 g/mol. The van der Waals surface area contributed by atoms with Crippen molar-refractivity contribution in [2.45, 2.75) is 13.3 Å². The largest absolute Gasteiger partial charge is 0.490 e. The molecule has 3 aromatic rings. The maximum absolute atomic E-state index is 12.0. The Labute approximate surface area is 197 Å². The van der Waals surface area contributed by atoms with E-state index in [1.807, 2.05) is 43.3 Å². The molecule has 0 aliphatic heterocycles. The van der Waals surface area contributed by atoms with Crippen LogP contribution < -0.4 is 25.4 Å². The lowest BCUT2D eigenvalue weighted by molar-refractivity contribution is -0.120. The Hall–Kier alpha value is -3.18. The summed E-state index contributed by atoms with van der Waals surface area (Å²) >= 11 is 4.67. The lowest BCUT2D eigenvalue weighted by atomic mass is 10.2. The van der Waals surface area contributed by atoms with Gasteiger partial charge in [-0.05, 0) is 52.7 Å². The lowest BCUT2D eigenvalue weighted by Crippen LogP contribution is -2.19. The first-order valence-electron chi connectivity index (χ1n) is 9.72. The van der Waals surface area contributed by atoms with E-state index in [1.165, 1.54) is 6.21 Å². The SMILES string of the molecule is CCOc1cc(/C=N/NC(=O)Cc2nnc(N)s2)cc(Br)c1OCCOc1ccccc1. The Kier molecular flexibility index (Phi) is 8.81. The van der Waals surface area contributed by atoms with Crippen LogP contribution in [0.5, 0.6) is 17.2 Å². The number of nitrogens with one attached hydrogen (secondary N) is 1. The van der Waals surface area contributed by atoms with E-state index in [1.54, 1.807) is 6.07 Å². The van der Waals surface area contributed by atoms with Crippen LogP contribution in [0.4, 0.5) is 5.13 Å². The number of ether oxygens (including phenoxy) is 3. The number of hydrazone groups is 1. The van der Waals surface area contributed by atoms with E-state index >= 15 is 0 Å². The number of nitrogens with two attached hydrogens (primary N) is 1. The summed E-state index contributed by atoms with van der Waals surface area (Å²) in [6.07, 6.45) is 1.57. The predicted molar refractivity (Wildman–Crippen MR) is 127 cm³/mol. The highest BCUT2D eigenvalue weighted by Gasteiger charge is 2.12. The van der Waals surface area contributed by atoms with Crippen molar-refractivity contribution < 1.29 is 19.0 Å². The summed E-state index contributed by atoms with van der Waals surface area (Å²) in [5, 5.41) is 12.3. The van der Waals surface area contributed by atoms with Gasteiger partial charge in [0.1, 0.15) is 24.0 Å². The van der Waals surface area contributed by atoms with Crippen LogP contribution >= 0.6 is 27.3 Å². The van der Waals surface area contributed by atoms with Gasteiger partial charge >= 0.3 is 0 Å². The van der Waals surface area contributed by atoms with E-state index in [0.717, 1.165) is 17.1 Å². The van der Waals surface area contributed by atoms with Crippen LogP contribution in [-0.4, -0.2) is 42.1 Å². The number of carbonyl (C=O) groups excluding carboxylic acids is 1. The normalized spacial score (nSPS) is 10.8. The van der Waals surface area contributed by atoms with Gasteiger partial charge in [0.05, 0.1) is 23.7 Å². The van der Waals surface area contributed by atoms with Crippen molar-refractivity contribution in [1.29, 1.82) is 0 Å². The standard InChI is InChI=1S/C21H22BrN5O4S/c1-2-29-17-11-14(13-24-25-18(28)12-19-26-27-21(23)32-19)10-16(22)20(17)31-9-8-30-15-6-4-3-5-7-15/h3-7,10-11,13H,2,8-9,12H2,1H3,(H2,23,27)(H,25,28)/b24-13+. The van der Waals surface area contributed by atoms with Crippen LogP contribution in [-0.2, 0) is 11.2 Å². The molecule has 0 spiro atoms. The van der Waals surface area contributed by atoms with Gasteiger partial charge in [-0.2, -0.15) is 5.10 Å². The van der Waals surface area contributed by atoms with Gasteiger partial charge in [0.2, 0.25) is 11.0 Å². The summed E-state index contributed by atoms with van der Waals surface area (Å²) in [7, 11) is 0. The van der Waals surface area contributed by atoms with Gasteiger partial charge in [-0.15, -0.1) is 10.2 Å². The molecule has 9 nitrogen and oxygen atoms in total. The number of hydrogen-bond donors (Lipinski definition) is 2. The number of amides is 1. The molecule has 32 heavy (non-hydrogen) atoms. The molecular weight excluding hydrogens is 498 g/mol. The zero-order chi connectivity index (χ0) is 22.8. The molecule has 3 N–H and O–H groups in total. The molecular formula is C21H22BrN5O4S. The molecule has 0 atom stereocenters. The molecule has 11 heteroatoms. The number of halogens is 1. The second-order valence-corrected chi connectivity index (χ2v) is 8.22. The minimum absolute atomic E-state index is 0.0535. The molecule has 0 aliphatic carbocycles. The molecule has 0 saturated carbocycles. The number of nitrogen functional groups attached to an aromatic ring is 1. The van der Waals surface area contributed by atoms with Crippen molar-refractivity contribution in [3.05, 3.63) is 57.5 Å². The third kappa shape index (κ3) is 7.20. The van der Waals surface area contributed by atoms with Gasteiger partial charge in [0, 0.05) is 0 Å². The molecule has 0 radical (unpaired) electrons. The van der Waals surface area contributed by atoms with Crippen molar-refractivity contribution in [2.75, 3.05) is 25.6 Å². The maximum Gasteiger partial charge on any atom is 0.247 e. The fourth-order valence-corrected chi connectivity index (χ4v) is 3.76. The Morgan fingerprint density at radius 3 is 2.69 bits per heavy atom. The number of aromatic nitrogens is 2. The van der Waals surface area contributed by atoms with Gasteiger partial charge in [-0.25, -0.2) is 5.43 Å². The molecule has 2 aromatic carbocycles. The summed E-state index contributed by atoms with van der Waals surface area (Å²) in [5.41, 5.74) is 8.68. The van der Waals surface area contributed by atoms with Crippen LogP contribution in [0.25, 0.3) is 0 Å². The lowest BCUT2D eigenvalue weighted by Gasteiger charge is -2.15. The van der Waals surface area contributed by atoms with Crippen molar-refractivity contribution in [3.8, 4) is 17.2 Å². The fourth-order valence-electron chi connectivity index (χ4n) is 2.58. The summed E-state index contributed by atoms with van der Waals surface area (Å²) in [4.78, 5) is 12.0. The molecule has 0 fully saturated rings. The van der Waals surface area contributed by atoms with Crippen LogP contribution in [0.2, 0.25) is 0 Å². The average Bonchev–Trinajstić information content (AvgIpc) is 3.18. The van der Waals surface area contributed by atoms with E-state index in [-0.39, 0.29) is 12.3 Å². The predicted octanol–water partition coefficient (Wildman–Crippen LogP) is 3.43. The minimum atomic E-state index is -0.320. The van der Waals surface area contributed by atoms with Crippen molar-refractivity contribution in [3.63, 3.8) is 0 Å². The zero-order valence-corrected chi connectivity index (χ0v) is 19.7. The van der Waals surface area contributed by atoms with Gasteiger partial charge in [-0.1, -0.05) is 29.5 Å². The van der Waals surface area contributed by atoms with E-state index in [9.17, 15) is 4.79 Å². The third-order valence-corrected chi connectivity index (χ3v) is 5.21. The molecule has 1 aromatic heterocycles. The molecule has 168 valence electrons. The smallest absolute Gasteiger partial charge is 0.247 e. The summed E-state index contributed by atoms with van der Waals surface area (Å²) in [5.74, 6) is 1.58. The third-order valence-electron chi connectivity index (χ3n) is 3.87. The van der Waals surface area contributed by atoms with Crippen LogP contribution in [0.1, 0.15) is 17.5 Å². The Balaban J connectivity index is 1.57. The Morgan fingerprint density at radius 1 is 1.19 bits per heavy atom. The molecule has 0 aliphatic rings. The molecule has 0 saturated heterocycles. The molecule has 0 bridgehead atoms. The Morgan fingerprint density at radius 2 is 1.97 bits per heavy atom. The van der Waals surface area contributed by atoms with Crippen LogP contribution in [0.15, 0.2) is 52.0 Å². The summed E-state index contributed by atoms with van der Waals surface area (Å²) in [6.45, 7) is 3.08. The van der Waals surface area contributed by atoms with Crippen molar-refractivity contribution in [1.82, 2.24) is 15.6 Å². The second kappa shape index (κ2) is 12.0. The quantitative estimate of drug-likeness (QED) is 0.226. The highest BCUT2D eigenvalue weighted by molar-refractivity contribution is 9.10. The number of nitrogens with zero attached hydrogens (tertiary/aromatic N) is 3. The van der Waals surface area contributed by atoms with E-state index in [4.69, 9.17) is 19.9 Å². The first-order valence-corrected chi connectivity index (χ1v) is 11.3. The zero-order valence-electron chi connectivity index (χ0n) is 17.3. The second-order valence-electron chi connectivity index (χ2n) is 6.28.